The van der Waals surface area contributed by atoms with E-state index in [4.69, 9.17) is 5.73 Å². The number of anilines is 1. The van der Waals surface area contributed by atoms with E-state index in [0.717, 1.165) is 18.8 Å². The second-order valence-corrected chi connectivity index (χ2v) is 4.73. The van der Waals surface area contributed by atoms with Crippen LogP contribution in [0.2, 0.25) is 0 Å². The lowest BCUT2D eigenvalue weighted by atomic mass is 10.1. The summed E-state index contributed by atoms with van der Waals surface area (Å²) in [6.45, 7) is 2.36. The van der Waals surface area contributed by atoms with Crippen molar-refractivity contribution >= 4 is 5.69 Å². The minimum Gasteiger partial charge on any atom is -0.371 e. The number of rotatable bonds is 2. The lowest BCUT2D eigenvalue weighted by Crippen LogP contribution is -2.27. The summed E-state index contributed by atoms with van der Waals surface area (Å²) in [6.07, 6.45) is 6.34. The molecule has 94 valence electrons. The summed E-state index contributed by atoms with van der Waals surface area (Å²) < 4.78 is 13.7. The topological polar surface area (TPSA) is 29.3 Å². The number of halogens is 1. The van der Waals surface area contributed by atoms with Crippen molar-refractivity contribution in [3.8, 4) is 0 Å². The van der Waals surface area contributed by atoms with E-state index in [0.29, 0.717) is 5.56 Å². The monoisotopic (exact) mass is 236 g/mol. The maximum atomic E-state index is 13.7. The molecule has 17 heavy (non-hydrogen) atoms. The number of nitrogens with two attached hydrogens (primary N) is 1. The number of nitrogens with zero attached hydrogens (tertiary/aromatic N) is 1. The highest BCUT2D eigenvalue weighted by Crippen LogP contribution is 2.21. The molecule has 1 aromatic carbocycles. The molecule has 1 saturated heterocycles. The summed E-state index contributed by atoms with van der Waals surface area (Å²) in [5.41, 5.74) is 7.07. The van der Waals surface area contributed by atoms with Gasteiger partial charge in [-0.2, -0.15) is 0 Å². The molecule has 1 aliphatic heterocycles. The molecule has 0 radical (unpaired) electrons. The first-order valence-electron chi connectivity index (χ1n) is 6.54. The van der Waals surface area contributed by atoms with Gasteiger partial charge in [-0.05, 0) is 25.0 Å². The summed E-state index contributed by atoms with van der Waals surface area (Å²) in [4.78, 5) is 2.29. The van der Waals surface area contributed by atoms with Crippen molar-refractivity contribution in [3.05, 3.63) is 29.6 Å². The largest absolute Gasteiger partial charge is 0.371 e. The molecule has 0 unspecified atom stereocenters. The van der Waals surface area contributed by atoms with Gasteiger partial charge in [0.1, 0.15) is 5.82 Å². The fourth-order valence-corrected chi connectivity index (χ4v) is 2.40. The molecule has 1 aromatic rings. The molecular formula is C14H21FN2. The Hall–Kier alpha value is -1.09. The van der Waals surface area contributed by atoms with Crippen molar-refractivity contribution in [3.63, 3.8) is 0 Å². The van der Waals surface area contributed by atoms with Gasteiger partial charge in [0.05, 0.1) is 0 Å². The van der Waals surface area contributed by atoms with Crippen LogP contribution in [0, 0.1) is 5.82 Å². The average molecular weight is 236 g/mol. The van der Waals surface area contributed by atoms with Gasteiger partial charge < -0.3 is 10.6 Å². The Morgan fingerprint density at radius 1 is 1.06 bits per heavy atom. The Kier molecular flexibility index (Phi) is 4.37. The second kappa shape index (κ2) is 6.01. The van der Waals surface area contributed by atoms with Gasteiger partial charge in [-0.25, -0.2) is 4.39 Å². The van der Waals surface area contributed by atoms with Gasteiger partial charge in [0, 0.05) is 30.9 Å². The Bertz CT molecular complexity index is 357. The first-order valence-corrected chi connectivity index (χ1v) is 6.54. The zero-order chi connectivity index (χ0) is 12.1. The van der Waals surface area contributed by atoms with Crippen LogP contribution in [0.3, 0.4) is 0 Å². The fourth-order valence-electron chi connectivity index (χ4n) is 2.40. The van der Waals surface area contributed by atoms with E-state index in [-0.39, 0.29) is 12.4 Å². The molecule has 0 saturated carbocycles. The van der Waals surface area contributed by atoms with Crippen LogP contribution >= 0.6 is 0 Å². The summed E-state index contributed by atoms with van der Waals surface area (Å²) in [5, 5.41) is 0. The molecule has 0 bridgehead atoms. The summed E-state index contributed by atoms with van der Waals surface area (Å²) in [5.74, 6) is -0.174. The smallest absolute Gasteiger partial charge is 0.129 e. The summed E-state index contributed by atoms with van der Waals surface area (Å²) >= 11 is 0. The van der Waals surface area contributed by atoms with Crippen molar-refractivity contribution < 1.29 is 4.39 Å². The van der Waals surface area contributed by atoms with Crippen molar-refractivity contribution in [1.82, 2.24) is 0 Å². The van der Waals surface area contributed by atoms with Gasteiger partial charge in [0.25, 0.3) is 0 Å². The molecular weight excluding hydrogens is 215 g/mol. The van der Waals surface area contributed by atoms with Crippen molar-refractivity contribution in [1.29, 1.82) is 0 Å². The van der Waals surface area contributed by atoms with Gasteiger partial charge in [-0.3, -0.25) is 0 Å². The normalized spacial score (nSPS) is 17.6. The predicted molar refractivity (Wildman–Crippen MR) is 69.6 cm³/mol. The molecule has 1 aliphatic rings. The SMILES string of the molecule is NCc1ccc(N2CCCCCCC2)cc1F. The number of benzene rings is 1. The lowest BCUT2D eigenvalue weighted by molar-refractivity contribution is 0.554. The maximum Gasteiger partial charge on any atom is 0.129 e. The zero-order valence-corrected chi connectivity index (χ0v) is 10.3. The minimum atomic E-state index is -0.174. The van der Waals surface area contributed by atoms with Gasteiger partial charge >= 0.3 is 0 Å². The Balaban J connectivity index is 2.11. The second-order valence-electron chi connectivity index (χ2n) is 4.73. The lowest BCUT2D eigenvalue weighted by Gasteiger charge is -2.27. The summed E-state index contributed by atoms with van der Waals surface area (Å²) in [6, 6.07) is 5.43. The van der Waals surface area contributed by atoms with Gasteiger partial charge in [-0.15, -0.1) is 0 Å². The Morgan fingerprint density at radius 3 is 2.29 bits per heavy atom. The molecule has 1 fully saturated rings. The Labute approximate surface area is 103 Å². The van der Waals surface area contributed by atoms with E-state index in [1.807, 2.05) is 12.1 Å². The van der Waals surface area contributed by atoms with Gasteiger partial charge in [0.15, 0.2) is 0 Å². The van der Waals surface area contributed by atoms with Crippen LogP contribution in [-0.4, -0.2) is 13.1 Å². The van der Waals surface area contributed by atoms with Crippen molar-refractivity contribution in [2.24, 2.45) is 5.73 Å². The third-order valence-corrected chi connectivity index (χ3v) is 3.48. The molecule has 0 atom stereocenters. The highest BCUT2D eigenvalue weighted by molar-refractivity contribution is 5.48. The molecule has 0 spiro atoms. The quantitative estimate of drug-likeness (QED) is 0.855. The molecule has 2 nitrogen and oxygen atoms in total. The van der Waals surface area contributed by atoms with Crippen LogP contribution in [-0.2, 0) is 6.54 Å². The van der Waals surface area contributed by atoms with E-state index in [2.05, 4.69) is 4.90 Å². The third kappa shape index (κ3) is 3.19. The van der Waals surface area contributed by atoms with Crippen molar-refractivity contribution in [2.75, 3.05) is 18.0 Å². The highest BCUT2D eigenvalue weighted by Gasteiger charge is 2.10. The van der Waals surface area contributed by atoms with Crippen LogP contribution in [0.1, 0.15) is 37.7 Å². The molecule has 1 heterocycles. The molecule has 2 N–H and O–H groups in total. The summed E-state index contributed by atoms with van der Waals surface area (Å²) in [7, 11) is 0. The maximum absolute atomic E-state index is 13.7. The van der Waals surface area contributed by atoms with Crippen LogP contribution in [0.4, 0.5) is 10.1 Å². The minimum absolute atomic E-state index is 0.174. The van der Waals surface area contributed by atoms with Crippen LogP contribution in [0.5, 0.6) is 0 Å². The van der Waals surface area contributed by atoms with Crippen LogP contribution in [0.25, 0.3) is 0 Å². The van der Waals surface area contributed by atoms with E-state index < -0.39 is 0 Å². The molecule has 0 aromatic heterocycles. The molecule has 0 amide bonds. The van der Waals surface area contributed by atoms with Crippen LogP contribution in [0.15, 0.2) is 18.2 Å². The molecule has 0 aliphatic carbocycles. The fraction of sp³-hybridized carbons (Fsp3) is 0.571. The first-order chi connectivity index (χ1) is 8.31. The average Bonchev–Trinajstić information content (AvgIpc) is 2.28. The molecule has 2 rings (SSSR count). The van der Waals surface area contributed by atoms with E-state index in [9.17, 15) is 4.39 Å². The first kappa shape index (κ1) is 12.4. The predicted octanol–water partition coefficient (Wildman–Crippen LogP) is 3.05. The van der Waals surface area contributed by atoms with E-state index in [1.165, 1.54) is 32.1 Å². The van der Waals surface area contributed by atoms with Gasteiger partial charge in [-0.1, -0.05) is 25.3 Å². The Morgan fingerprint density at radius 2 is 1.71 bits per heavy atom. The van der Waals surface area contributed by atoms with Crippen LogP contribution < -0.4 is 10.6 Å². The van der Waals surface area contributed by atoms with Crippen molar-refractivity contribution in [2.45, 2.75) is 38.6 Å². The highest BCUT2D eigenvalue weighted by atomic mass is 19.1. The van der Waals surface area contributed by atoms with Gasteiger partial charge in [0.2, 0.25) is 0 Å². The van der Waals surface area contributed by atoms with E-state index >= 15 is 0 Å². The third-order valence-electron chi connectivity index (χ3n) is 3.48. The number of hydrogen-bond donors (Lipinski definition) is 1. The molecule has 3 heteroatoms. The number of hydrogen-bond acceptors (Lipinski definition) is 2. The standard InChI is InChI=1S/C14H21FN2/c15-14-10-13(7-6-12(14)11-16)17-8-4-2-1-3-5-9-17/h6-7,10H,1-5,8-9,11,16H2. The zero-order valence-electron chi connectivity index (χ0n) is 10.3. The van der Waals surface area contributed by atoms with E-state index in [1.54, 1.807) is 6.07 Å².